The molecule has 0 radical (unpaired) electrons. The maximum atomic E-state index is 11.8. The molecule has 0 aliphatic heterocycles. The molecule has 1 atom stereocenters. The number of unbranched alkanes of at least 4 members (excludes halogenated alkanes) is 1. The Labute approximate surface area is 77.5 Å². The average molecular weight is 194 g/mol. The van der Waals surface area contributed by atoms with Gasteiger partial charge in [-0.2, -0.15) is 13.2 Å². The molecule has 1 fully saturated rings. The summed E-state index contributed by atoms with van der Waals surface area (Å²) in [4.78, 5) is 0. The minimum absolute atomic E-state index is 0.306. The molecular formula is C10H17F3. The summed E-state index contributed by atoms with van der Waals surface area (Å²) in [5.41, 5.74) is 0. The normalized spacial score (nSPS) is 20.3. The van der Waals surface area contributed by atoms with Crippen LogP contribution in [0, 0.1) is 11.8 Å². The van der Waals surface area contributed by atoms with Crippen LogP contribution >= 0.6 is 0 Å². The fourth-order valence-corrected chi connectivity index (χ4v) is 1.69. The van der Waals surface area contributed by atoms with Gasteiger partial charge in [-0.25, -0.2) is 0 Å². The number of hydrogen-bond donors (Lipinski definition) is 0. The van der Waals surface area contributed by atoms with Gasteiger partial charge in [-0.1, -0.05) is 19.8 Å². The van der Waals surface area contributed by atoms with E-state index in [0.717, 1.165) is 18.8 Å². The van der Waals surface area contributed by atoms with Gasteiger partial charge in [-0.05, 0) is 31.1 Å². The lowest BCUT2D eigenvalue weighted by Gasteiger charge is -2.10. The largest absolute Gasteiger partial charge is 0.389 e. The fourth-order valence-electron chi connectivity index (χ4n) is 1.69. The number of hydrogen-bond acceptors (Lipinski definition) is 0. The van der Waals surface area contributed by atoms with Crippen molar-refractivity contribution in [1.82, 2.24) is 0 Å². The van der Waals surface area contributed by atoms with E-state index in [0.29, 0.717) is 12.3 Å². The summed E-state index contributed by atoms with van der Waals surface area (Å²) in [6.07, 6.45) is 0.0343. The highest BCUT2D eigenvalue weighted by molar-refractivity contribution is 4.78. The van der Waals surface area contributed by atoms with Gasteiger partial charge in [0.25, 0.3) is 0 Å². The first-order chi connectivity index (χ1) is 5.99. The zero-order valence-corrected chi connectivity index (χ0v) is 8.03. The minimum Gasteiger partial charge on any atom is -0.171 e. The molecule has 0 N–H and O–H groups in total. The average Bonchev–Trinajstić information content (AvgIpc) is 2.77. The highest BCUT2D eigenvalue weighted by atomic mass is 19.4. The second-order valence-corrected chi connectivity index (χ2v) is 4.18. The molecule has 0 amide bonds. The smallest absolute Gasteiger partial charge is 0.171 e. The van der Waals surface area contributed by atoms with E-state index < -0.39 is 12.6 Å². The third-order valence-electron chi connectivity index (χ3n) is 2.80. The molecule has 3 heteroatoms. The quantitative estimate of drug-likeness (QED) is 0.576. The van der Waals surface area contributed by atoms with Gasteiger partial charge in [0.05, 0.1) is 0 Å². The van der Waals surface area contributed by atoms with Crippen LogP contribution in [0.3, 0.4) is 0 Å². The summed E-state index contributed by atoms with van der Waals surface area (Å²) >= 11 is 0. The summed E-state index contributed by atoms with van der Waals surface area (Å²) in [6, 6.07) is 0. The Hall–Kier alpha value is -0.210. The monoisotopic (exact) mass is 194 g/mol. The molecule has 0 aromatic heterocycles. The Morgan fingerprint density at radius 1 is 1.23 bits per heavy atom. The van der Waals surface area contributed by atoms with Gasteiger partial charge in [0.15, 0.2) is 0 Å². The highest BCUT2D eigenvalue weighted by Gasteiger charge is 2.28. The van der Waals surface area contributed by atoms with E-state index in [-0.39, 0.29) is 0 Å². The standard InChI is InChI=1S/C10H17F3/c1-8(9-5-6-9)4-2-3-7-10(11,12)13/h8-9H,2-7H2,1H3. The van der Waals surface area contributed by atoms with Gasteiger partial charge in [0, 0.05) is 6.42 Å². The lowest BCUT2D eigenvalue weighted by molar-refractivity contribution is -0.135. The Kier molecular flexibility index (Phi) is 3.63. The van der Waals surface area contributed by atoms with Crippen molar-refractivity contribution in [2.75, 3.05) is 0 Å². The van der Waals surface area contributed by atoms with E-state index in [1.165, 1.54) is 12.8 Å². The minimum atomic E-state index is -3.96. The van der Waals surface area contributed by atoms with Crippen molar-refractivity contribution in [2.24, 2.45) is 11.8 Å². The molecule has 0 aromatic rings. The number of halogens is 3. The SMILES string of the molecule is CC(CCCCC(F)(F)F)C1CC1. The first-order valence-corrected chi connectivity index (χ1v) is 5.06. The van der Waals surface area contributed by atoms with Gasteiger partial charge in [-0.15, -0.1) is 0 Å². The lowest BCUT2D eigenvalue weighted by atomic mass is 9.98. The molecule has 1 aliphatic carbocycles. The molecule has 78 valence electrons. The van der Waals surface area contributed by atoms with Crippen LogP contribution in [0.25, 0.3) is 0 Å². The summed E-state index contributed by atoms with van der Waals surface area (Å²) in [5.74, 6) is 1.47. The molecule has 0 heterocycles. The van der Waals surface area contributed by atoms with Crippen molar-refractivity contribution in [1.29, 1.82) is 0 Å². The van der Waals surface area contributed by atoms with E-state index in [9.17, 15) is 13.2 Å². The molecule has 1 saturated carbocycles. The van der Waals surface area contributed by atoms with Crippen LogP contribution in [0.2, 0.25) is 0 Å². The second kappa shape index (κ2) is 4.34. The van der Waals surface area contributed by atoms with E-state index >= 15 is 0 Å². The first kappa shape index (κ1) is 10.9. The van der Waals surface area contributed by atoms with Crippen LogP contribution in [0.1, 0.15) is 45.4 Å². The van der Waals surface area contributed by atoms with Crippen molar-refractivity contribution in [3.63, 3.8) is 0 Å². The zero-order valence-electron chi connectivity index (χ0n) is 8.03. The predicted molar refractivity (Wildman–Crippen MR) is 46.4 cm³/mol. The van der Waals surface area contributed by atoms with Gasteiger partial charge in [-0.3, -0.25) is 0 Å². The van der Waals surface area contributed by atoms with E-state index in [1.54, 1.807) is 0 Å². The number of rotatable bonds is 5. The Balaban J connectivity index is 1.94. The molecule has 0 bridgehead atoms. The van der Waals surface area contributed by atoms with E-state index in [4.69, 9.17) is 0 Å². The molecule has 0 saturated heterocycles. The van der Waals surface area contributed by atoms with Crippen LogP contribution in [0.15, 0.2) is 0 Å². The Bertz CT molecular complexity index is 147. The molecule has 0 spiro atoms. The first-order valence-electron chi connectivity index (χ1n) is 5.06. The lowest BCUT2D eigenvalue weighted by Crippen LogP contribution is -2.07. The fraction of sp³-hybridized carbons (Fsp3) is 1.00. The maximum absolute atomic E-state index is 11.8. The second-order valence-electron chi connectivity index (χ2n) is 4.18. The molecule has 1 rings (SSSR count). The molecular weight excluding hydrogens is 177 g/mol. The van der Waals surface area contributed by atoms with Crippen molar-refractivity contribution in [3.05, 3.63) is 0 Å². The van der Waals surface area contributed by atoms with Crippen LogP contribution in [0.5, 0.6) is 0 Å². The molecule has 13 heavy (non-hydrogen) atoms. The number of alkyl halides is 3. The van der Waals surface area contributed by atoms with Crippen LogP contribution in [0.4, 0.5) is 13.2 Å². The molecule has 1 aliphatic rings. The Morgan fingerprint density at radius 3 is 2.31 bits per heavy atom. The molecule has 1 unspecified atom stereocenters. The topological polar surface area (TPSA) is 0 Å². The van der Waals surface area contributed by atoms with Crippen LogP contribution in [-0.2, 0) is 0 Å². The van der Waals surface area contributed by atoms with Crippen molar-refractivity contribution < 1.29 is 13.2 Å². The zero-order chi connectivity index (χ0) is 9.90. The van der Waals surface area contributed by atoms with Crippen molar-refractivity contribution in [2.45, 2.75) is 51.6 Å². The maximum Gasteiger partial charge on any atom is 0.389 e. The van der Waals surface area contributed by atoms with Gasteiger partial charge >= 0.3 is 6.18 Å². The van der Waals surface area contributed by atoms with Crippen molar-refractivity contribution in [3.8, 4) is 0 Å². The van der Waals surface area contributed by atoms with E-state index in [1.807, 2.05) is 0 Å². The van der Waals surface area contributed by atoms with Gasteiger partial charge in [0.2, 0.25) is 0 Å². The summed E-state index contributed by atoms with van der Waals surface area (Å²) in [7, 11) is 0. The highest BCUT2D eigenvalue weighted by Crippen LogP contribution is 2.39. The predicted octanol–water partition coefficient (Wildman–Crippen LogP) is 4.16. The van der Waals surface area contributed by atoms with Crippen LogP contribution in [-0.4, -0.2) is 6.18 Å². The third-order valence-corrected chi connectivity index (χ3v) is 2.80. The summed E-state index contributed by atoms with van der Waals surface area (Å²) < 4.78 is 35.3. The van der Waals surface area contributed by atoms with Gasteiger partial charge in [0.1, 0.15) is 0 Å². The summed E-state index contributed by atoms with van der Waals surface area (Å²) in [6.45, 7) is 2.16. The summed E-state index contributed by atoms with van der Waals surface area (Å²) in [5, 5.41) is 0. The molecule has 0 nitrogen and oxygen atoms in total. The van der Waals surface area contributed by atoms with Gasteiger partial charge < -0.3 is 0 Å². The Morgan fingerprint density at radius 2 is 1.85 bits per heavy atom. The van der Waals surface area contributed by atoms with Crippen molar-refractivity contribution >= 4 is 0 Å². The molecule has 0 aromatic carbocycles. The third kappa shape index (κ3) is 5.17. The van der Waals surface area contributed by atoms with E-state index in [2.05, 4.69) is 6.92 Å². The van der Waals surface area contributed by atoms with Crippen LogP contribution < -0.4 is 0 Å².